The van der Waals surface area contributed by atoms with Crippen LogP contribution in [0.1, 0.15) is 303 Å². The molecule has 0 aliphatic heterocycles. The average molecular weight is 1130 g/mol. The second kappa shape index (κ2) is 58.6. The van der Waals surface area contributed by atoms with Crippen LogP contribution in [0.2, 0.25) is 0 Å². The van der Waals surface area contributed by atoms with Gasteiger partial charge < -0.3 is 19.4 Å². The van der Waals surface area contributed by atoms with Crippen LogP contribution < -0.4 is 5.32 Å². The first-order valence-corrected chi connectivity index (χ1v) is 34.8. The van der Waals surface area contributed by atoms with Gasteiger partial charge in [0.1, 0.15) is 19.3 Å². The summed E-state index contributed by atoms with van der Waals surface area (Å²) in [6, 6.07) is -0.856. The van der Waals surface area contributed by atoms with Crippen LogP contribution in [0, 0.1) is 0 Å². The highest BCUT2D eigenvalue weighted by Gasteiger charge is 2.30. The van der Waals surface area contributed by atoms with Crippen LogP contribution in [0.25, 0.3) is 0 Å². The number of allylic oxidation sites excluding steroid dienone is 11. The van der Waals surface area contributed by atoms with E-state index < -0.39 is 20.0 Å². The molecule has 0 saturated carbocycles. The molecule has 0 bridgehead atoms. The number of hydrogen-bond acceptors (Lipinski definition) is 6. The molecule has 0 saturated heterocycles. The zero-order valence-corrected chi connectivity index (χ0v) is 53.5. The Morgan fingerprint density at radius 2 is 0.772 bits per heavy atom. The van der Waals surface area contributed by atoms with E-state index in [1.54, 1.807) is 0 Å². The van der Waals surface area contributed by atoms with Gasteiger partial charge in [-0.25, -0.2) is 4.57 Å². The standard InChI is InChI=1S/C69H127N2O7P/c1-7-10-13-16-19-22-25-27-29-31-33-34-35-36-38-39-41-43-46-49-52-55-58-61-68(72)70-66(65-77-79(74,75)76-64-63-71(4,5)6)67(60-57-54-51-48-45-24-21-18-15-12-9-3)78-69(73)62-59-56-53-50-47-44-42-40-37-32-30-28-26-23-20-17-14-11-8-2/h19-20,22-23,27-30,37,40,57,60,66-67H,7-18,21,24-26,31-36,38-39,41-56,58-59,61-65H2,1-6H3,(H-,70,72,74,75)/p+1/b22-19-,23-20-,29-27-,30-28-,40-37-,60-57-. The molecule has 10 heteroatoms. The minimum atomic E-state index is -4.46. The quantitative estimate of drug-likeness (QED) is 0.0205. The van der Waals surface area contributed by atoms with Gasteiger partial charge in [0.25, 0.3) is 0 Å². The van der Waals surface area contributed by atoms with Gasteiger partial charge in [0, 0.05) is 12.8 Å². The number of nitrogens with one attached hydrogen (secondary N) is 1. The Labute approximate surface area is 489 Å². The zero-order chi connectivity index (χ0) is 57.9. The second-order valence-electron chi connectivity index (χ2n) is 23.6. The molecule has 1 amide bonds. The average Bonchev–Trinajstić information content (AvgIpc) is 3.41. The van der Waals surface area contributed by atoms with E-state index in [1.807, 2.05) is 33.3 Å². The first kappa shape index (κ1) is 76.5. The molecule has 0 fully saturated rings. The van der Waals surface area contributed by atoms with Gasteiger partial charge in [-0.2, -0.15) is 0 Å². The minimum absolute atomic E-state index is 0.0362. The normalized spacial score (nSPS) is 14.1. The van der Waals surface area contributed by atoms with Crippen LogP contribution in [0.3, 0.4) is 0 Å². The van der Waals surface area contributed by atoms with Crippen molar-refractivity contribution >= 4 is 19.7 Å². The van der Waals surface area contributed by atoms with Gasteiger partial charge in [-0.3, -0.25) is 18.6 Å². The molecular weight excluding hydrogens is 1000 g/mol. The lowest BCUT2D eigenvalue weighted by molar-refractivity contribution is -0.870. The van der Waals surface area contributed by atoms with Gasteiger partial charge in [0.15, 0.2) is 0 Å². The van der Waals surface area contributed by atoms with E-state index in [0.29, 0.717) is 17.4 Å². The second-order valence-corrected chi connectivity index (χ2v) is 25.1. The van der Waals surface area contributed by atoms with Crippen molar-refractivity contribution in [2.45, 2.75) is 315 Å². The molecule has 460 valence electrons. The third-order valence-electron chi connectivity index (χ3n) is 14.6. The molecule has 0 aromatic rings. The number of phosphoric acid groups is 1. The molecule has 0 rings (SSSR count). The molecule has 3 atom stereocenters. The van der Waals surface area contributed by atoms with Crippen LogP contribution in [-0.2, 0) is 27.9 Å². The number of nitrogens with zero attached hydrogens (tertiary/aromatic N) is 1. The van der Waals surface area contributed by atoms with Crippen LogP contribution in [0.4, 0.5) is 0 Å². The van der Waals surface area contributed by atoms with Gasteiger partial charge in [0.05, 0.1) is 33.8 Å². The highest BCUT2D eigenvalue weighted by atomic mass is 31.2. The molecule has 0 aliphatic carbocycles. The number of carbonyl (C=O) groups excluding carboxylic acids is 2. The summed E-state index contributed by atoms with van der Waals surface area (Å²) >= 11 is 0. The summed E-state index contributed by atoms with van der Waals surface area (Å²) < 4.78 is 30.7. The van der Waals surface area contributed by atoms with Crippen molar-refractivity contribution in [3.05, 3.63) is 72.9 Å². The molecule has 0 aromatic heterocycles. The summed E-state index contributed by atoms with van der Waals surface area (Å²) in [5.41, 5.74) is 0. The van der Waals surface area contributed by atoms with Crippen molar-refractivity contribution < 1.29 is 37.3 Å². The monoisotopic (exact) mass is 1130 g/mol. The molecule has 9 nitrogen and oxygen atoms in total. The maximum absolute atomic E-state index is 13.6. The predicted octanol–water partition coefficient (Wildman–Crippen LogP) is 20.8. The fourth-order valence-electron chi connectivity index (χ4n) is 9.45. The van der Waals surface area contributed by atoms with Crippen LogP contribution in [0.15, 0.2) is 72.9 Å². The number of hydrogen-bond donors (Lipinski definition) is 2. The molecule has 2 N–H and O–H groups in total. The van der Waals surface area contributed by atoms with E-state index in [0.717, 1.165) is 89.9 Å². The van der Waals surface area contributed by atoms with E-state index in [4.69, 9.17) is 13.8 Å². The summed E-state index contributed by atoms with van der Waals surface area (Å²) in [5.74, 6) is -0.515. The SMILES string of the molecule is CCCCC/C=C\C/C=C\C/C=C\CCCCCCCCC(=O)OC(/C=C\CCCCCCCCCCC)C(COP(=O)(O)OCC[N+](C)(C)C)NC(=O)CCCCCCCCCCCCCCC/C=C\C/C=C\CCCCC. The number of amides is 1. The Morgan fingerprint density at radius 1 is 0.443 bits per heavy atom. The zero-order valence-electron chi connectivity index (χ0n) is 52.6. The predicted molar refractivity (Wildman–Crippen MR) is 341 cm³/mol. The lowest BCUT2D eigenvalue weighted by Gasteiger charge is -2.27. The minimum Gasteiger partial charge on any atom is -0.456 e. The Hall–Kier alpha value is -2.55. The van der Waals surface area contributed by atoms with Gasteiger partial charge in [0.2, 0.25) is 5.91 Å². The fourth-order valence-corrected chi connectivity index (χ4v) is 10.2. The first-order chi connectivity index (χ1) is 38.4. The van der Waals surface area contributed by atoms with Crippen LogP contribution >= 0.6 is 7.82 Å². The maximum Gasteiger partial charge on any atom is 0.472 e. The number of esters is 1. The number of unbranched alkanes of at least 4 members (excludes halogenated alkanes) is 34. The molecule has 0 radical (unpaired) electrons. The van der Waals surface area contributed by atoms with Crippen LogP contribution in [0.5, 0.6) is 0 Å². The molecule has 0 aliphatic rings. The Bertz CT molecular complexity index is 1580. The molecule has 0 heterocycles. The number of rotatable bonds is 60. The summed E-state index contributed by atoms with van der Waals surface area (Å²) in [4.78, 5) is 37.8. The Balaban J connectivity index is 5.13. The Kier molecular flexibility index (Phi) is 56.7. The van der Waals surface area contributed by atoms with E-state index >= 15 is 0 Å². The lowest BCUT2D eigenvalue weighted by atomic mass is 10.0. The van der Waals surface area contributed by atoms with E-state index in [9.17, 15) is 19.0 Å². The van der Waals surface area contributed by atoms with Crippen molar-refractivity contribution in [1.82, 2.24) is 5.32 Å². The third kappa shape index (κ3) is 59.9. The van der Waals surface area contributed by atoms with Crippen molar-refractivity contribution in [2.24, 2.45) is 0 Å². The van der Waals surface area contributed by atoms with E-state index in [1.165, 1.54) is 180 Å². The van der Waals surface area contributed by atoms with Crippen LogP contribution in [-0.4, -0.2) is 74.3 Å². The number of likely N-dealkylation sites (N-methyl/N-ethyl adjacent to an activating group) is 1. The first-order valence-electron chi connectivity index (χ1n) is 33.3. The summed E-state index contributed by atoms with van der Waals surface area (Å²) in [5, 5.41) is 3.06. The largest absolute Gasteiger partial charge is 0.472 e. The fraction of sp³-hybridized carbons (Fsp3) is 0.797. The van der Waals surface area contributed by atoms with E-state index in [-0.39, 0.29) is 31.5 Å². The number of ether oxygens (including phenoxy) is 1. The highest BCUT2D eigenvalue weighted by Crippen LogP contribution is 2.43. The number of phosphoric ester groups is 1. The lowest BCUT2D eigenvalue weighted by Crippen LogP contribution is -2.47. The molecule has 3 unspecified atom stereocenters. The molecule has 79 heavy (non-hydrogen) atoms. The van der Waals surface area contributed by atoms with Crippen molar-refractivity contribution in [1.29, 1.82) is 0 Å². The topological polar surface area (TPSA) is 111 Å². The molecular formula is C69H128N2O7P+. The smallest absolute Gasteiger partial charge is 0.456 e. The van der Waals surface area contributed by atoms with Crippen molar-refractivity contribution in [3.8, 4) is 0 Å². The van der Waals surface area contributed by atoms with Gasteiger partial charge in [-0.05, 0) is 102 Å². The third-order valence-corrected chi connectivity index (χ3v) is 15.6. The van der Waals surface area contributed by atoms with E-state index in [2.05, 4.69) is 86.8 Å². The van der Waals surface area contributed by atoms with Gasteiger partial charge in [-0.15, -0.1) is 0 Å². The number of carbonyl (C=O) groups is 2. The summed E-state index contributed by atoms with van der Waals surface area (Å²) in [7, 11) is 1.49. The molecule has 0 spiro atoms. The van der Waals surface area contributed by atoms with Crippen molar-refractivity contribution in [2.75, 3.05) is 40.9 Å². The number of quaternary nitrogens is 1. The molecule has 0 aromatic carbocycles. The Morgan fingerprint density at radius 3 is 1.18 bits per heavy atom. The van der Waals surface area contributed by atoms with Gasteiger partial charge in [-0.1, -0.05) is 261 Å². The van der Waals surface area contributed by atoms with Crippen molar-refractivity contribution in [3.63, 3.8) is 0 Å². The maximum atomic E-state index is 13.6. The summed E-state index contributed by atoms with van der Waals surface area (Å²) in [6.45, 7) is 6.97. The summed E-state index contributed by atoms with van der Waals surface area (Å²) in [6.07, 6.45) is 76.1. The van der Waals surface area contributed by atoms with Gasteiger partial charge >= 0.3 is 13.8 Å². The highest BCUT2D eigenvalue weighted by molar-refractivity contribution is 7.47.